The molecule has 4 rings (SSSR count). The summed E-state index contributed by atoms with van der Waals surface area (Å²) in [6.07, 6.45) is 5.93. The number of nitrogens with zero attached hydrogens (tertiary/aromatic N) is 1. The zero-order valence-electron chi connectivity index (χ0n) is 17.9. The Hall–Kier alpha value is -2.38. The molecule has 1 aromatic carbocycles. The minimum Gasteiger partial charge on any atom is -0.388 e. The first-order chi connectivity index (χ1) is 15.0. The van der Waals surface area contributed by atoms with Crippen molar-refractivity contribution in [3.63, 3.8) is 0 Å². The van der Waals surface area contributed by atoms with Crippen LogP contribution in [-0.4, -0.2) is 46.2 Å². The number of carbonyl (C=O) groups excluding carboxylic acids is 2. The Morgan fingerprint density at radius 1 is 1.06 bits per heavy atom. The van der Waals surface area contributed by atoms with Crippen LogP contribution in [0.3, 0.4) is 0 Å². The zero-order chi connectivity index (χ0) is 21.8. The lowest BCUT2D eigenvalue weighted by atomic mass is 9.81. The van der Waals surface area contributed by atoms with Crippen LogP contribution in [0.25, 0.3) is 0 Å². The van der Waals surface area contributed by atoms with Crippen molar-refractivity contribution in [2.75, 3.05) is 6.54 Å². The van der Waals surface area contributed by atoms with Crippen LogP contribution in [0.15, 0.2) is 47.8 Å². The molecule has 0 unspecified atom stereocenters. The van der Waals surface area contributed by atoms with Gasteiger partial charge in [0.15, 0.2) is 0 Å². The zero-order valence-corrected chi connectivity index (χ0v) is 18.7. The van der Waals surface area contributed by atoms with E-state index in [0.717, 1.165) is 30.6 Å². The first kappa shape index (κ1) is 21.8. The SMILES string of the molecule is C[C@@]1(O)CCN(C(=O)NC2CCCCC2)[C@@H](c2cccs2)[C@@H]1NC(=O)c1ccccc1. The number of hydrogen-bond acceptors (Lipinski definition) is 4. The van der Waals surface area contributed by atoms with Gasteiger partial charge in [-0.05, 0) is 49.8 Å². The summed E-state index contributed by atoms with van der Waals surface area (Å²) in [6, 6.07) is 11.9. The van der Waals surface area contributed by atoms with Crippen molar-refractivity contribution in [1.82, 2.24) is 15.5 Å². The molecule has 31 heavy (non-hydrogen) atoms. The quantitative estimate of drug-likeness (QED) is 0.669. The van der Waals surface area contributed by atoms with E-state index in [2.05, 4.69) is 10.6 Å². The van der Waals surface area contributed by atoms with Crippen molar-refractivity contribution >= 4 is 23.3 Å². The first-order valence-corrected chi connectivity index (χ1v) is 12.0. The maximum atomic E-state index is 13.3. The predicted octanol–water partition coefficient (Wildman–Crippen LogP) is 4.09. The highest BCUT2D eigenvalue weighted by atomic mass is 32.1. The molecule has 6 nitrogen and oxygen atoms in total. The second kappa shape index (κ2) is 9.40. The van der Waals surface area contributed by atoms with E-state index in [-0.39, 0.29) is 18.0 Å². The highest BCUT2D eigenvalue weighted by Crippen LogP contribution is 2.39. The third-order valence-electron chi connectivity index (χ3n) is 6.53. The van der Waals surface area contributed by atoms with Crippen molar-refractivity contribution in [2.45, 2.75) is 69.2 Å². The first-order valence-electron chi connectivity index (χ1n) is 11.1. The number of carbonyl (C=O) groups is 2. The number of amides is 3. The average molecular weight is 442 g/mol. The number of hydrogen-bond donors (Lipinski definition) is 3. The largest absolute Gasteiger partial charge is 0.388 e. The number of thiophene rings is 1. The fourth-order valence-electron chi connectivity index (χ4n) is 4.72. The van der Waals surface area contributed by atoms with Crippen LogP contribution in [-0.2, 0) is 0 Å². The molecule has 0 radical (unpaired) electrons. The van der Waals surface area contributed by atoms with Crippen molar-refractivity contribution < 1.29 is 14.7 Å². The summed E-state index contributed by atoms with van der Waals surface area (Å²) in [7, 11) is 0. The van der Waals surface area contributed by atoms with E-state index in [1.807, 2.05) is 35.7 Å². The Kier molecular flexibility index (Phi) is 6.62. The van der Waals surface area contributed by atoms with E-state index in [9.17, 15) is 14.7 Å². The minimum atomic E-state index is -1.14. The van der Waals surface area contributed by atoms with E-state index in [4.69, 9.17) is 0 Å². The van der Waals surface area contributed by atoms with Crippen molar-refractivity contribution in [1.29, 1.82) is 0 Å². The summed E-state index contributed by atoms with van der Waals surface area (Å²) in [5.41, 5.74) is -0.604. The van der Waals surface area contributed by atoms with Crippen LogP contribution >= 0.6 is 11.3 Å². The summed E-state index contributed by atoms with van der Waals surface area (Å²) < 4.78 is 0. The van der Waals surface area contributed by atoms with Crippen molar-refractivity contribution in [3.8, 4) is 0 Å². The summed E-state index contributed by atoms with van der Waals surface area (Å²) in [4.78, 5) is 29.0. The Labute approximate surface area is 187 Å². The van der Waals surface area contributed by atoms with Gasteiger partial charge in [0.2, 0.25) is 0 Å². The molecule has 1 aliphatic heterocycles. The van der Waals surface area contributed by atoms with Gasteiger partial charge in [-0.25, -0.2) is 4.79 Å². The molecule has 2 fully saturated rings. The Morgan fingerprint density at radius 2 is 1.81 bits per heavy atom. The molecule has 7 heteroatoms. The Morgan fingerprint density at radius 3 is 2.48 bits per heavy atom. The molecule has 3 amide bonds. The lowest BCUT2D eigenvalue weighted by molar-refractivity contribution is -0.0506. The third kappa shape index (κ3) is 4.93. The van der Waals surface area contributed by atoms with E-state index in [1.54, 1.807) is 24.0 Å². The normalized spacial score (nSPS) is 27.0. The lowest BCUT2D eigenvalue weighted by Crippen LogP contribution is -2.64. The molecule has 1 aromatic heterocycles. The molecule has 0 spiro atoms. The van der Waals surface area contributed by atoms with Crippen LogP contribution < -0.4 is 10.6 Å². The van der Waals surface area contributed by atoms with E-state index >= 15 is 0 Å². The molecular weight excluding hydrogens is 410 g/mol. The monoisotopic (exact) mass is 441 g/mol. The molecule has 2 aliphatic rings. The number of piperidine rings is 1. The highest BCUT2D eigenvalue weighted by molar-refractivity contribution is 7.10. The summed E-state index contributed by atoms with van der Waals surface area (Å²) in [5.74, 6) is -0.248. The molecule has 1 aliphatic carbocycles. The van der Waals surface area contributed by atoms with Crippen LogP contribution in [0.4, 0.5) is 4.79 Å². The van der Waals surface area contributed by atoms with Gasteiger partial charge in [-0.3, -0.25) is 4.79 Å². The maximum Gasteiger partial charge on any atom is 0.318 e. The number of benzene rings is 1. The van der Waals surface area contributed by atoms with E-state index in [0.29, 0.717) is 18.5 Å². The van der Waals surface area contributed by atoms with E-state index < -0.39 is 17.7 Å². The van der Waals surface area contributed by atoms with Crippen LogP contribution in [0.2, 0.25) is 0 Å². The van der Waals surface area contributed by atoms with Gasteiger partial charge in [-0.2, -0.15) is 0 Å². The highest BCUT2D eigenvalue weighted by Gasteiger charge is 2.48. The number of aliphatic hydroxyl groups is 1. The van der Waals surface area contributed by atoms with Gasteiger partial charge >= 0.3 is 6.03 Å². The molecule has 1 saturated heterocycles. The van der Waals surface area contributed by atoms with Gasteiger partial charge in [0.25, 0.3) is 5.91 Å². The molecule has 166 valence electrons. The predicted molar refractivity (Wildman–Crippen MR) is 122 cm³/mol. The van der Waals surface area contributed by atoms with Gasteiger partial charge < -0.3 is 20.6 Å². The number of rotatable bonds is 4. The van der Waals surface area contributed by atoms with Crippen molar-refractivity contribution in [3.05, 3.63) is 58.3 Å². The molecule has 0 bridgehead atoms. The molecule has 2 aromatic rings. The van der Waals surface area contributed by atoms with Gasteiger partial charge in [0, 0.05) is 23.0 Å². The lowest BCUT2D eigenvalue weighted by Gasteiger charge is -2.48. The molecular formula is C24H31N3O3S. The smallest absolute Gasteiger partial charge is 0.318 e. The van der Waals surface area contributed by atoms with Gasteiger partial charge in [0.05, 0.1) is 17.7 Å². The summed E-state index contributed by atoms with van der Waals surface area (Å²) >= 11 is 1.54. The Balaban J connectivity index is 1.60. The number of likely N-dealkylation sites (tertiary alicyclic amines) is 1. The molecule has 3 atom stereocenters. The fourth-order valence-corrected chi connectivity index (χ4v) is 5.59. The summed E-state index contributed by atoms with van der Waals surface area (Å²) in [6.45, 7) is 2.19. The van der Waals surface area contributed by atoms with Gasteiger partial charge in [-0.1, -0.05) is 43.5 Å². The van der Waals surface area contributed by atoms with E-state index in [1.165, 1.54) is 17.8 Å². The topological polar surface area (TPSA) is 81.7 Å². The third-order valence-corrected chi connectivity index (χ3v) is 7.47. The maximum absolute atomic E-state index is 13.3. The summed E-state index contributed by atoms with van der Waals surface area (Å²) in [5, 5.41) is 19.5. The average Bonchev–Trinajstić information content (AvgIpc) is 3.30. The fraction of sp³-hybridized carbons (Fsp3) is 0.500. The number of urea groups is 1. The second-order valence-electron chi connectivity index (χ2n) is 8.86. The Bertz CT molecular complexity index is 879. The molecule has 1 saturated carbocycles. The number of nitrogens with one attached hydrogen (secondary N) is 2. The van der Waals surface area contributed by atoms with Crippen molar-refractivity contribution in [2.24, 2.45) is 0 Å². The van der Waals surface area contributed by atoms with Crippen LogP contribution in [0.1, 0.15) is 66.7 Å². The minimum absolute atomic E-state index is 0.111. The standard InChI is InChI=1S/C24H31N3O3S/c1-24(30)14-15-27(23(29)25-18-11-6-3-7-12-18)20(19-13-8-16-31-19)21(24)26-22(28)17-9-4-2-5-10-17/h2,4-5,8-10,13,16,18,20-21,30H,3,6-7,11-12,14-15H2,1H3,(H,25,29)(H,26,28)/t20-,21-,24+/m0/s1. The van der Waals surface area contributed by atoms with Crippen LogP contribution in [0, 0.1) is 0 Å². The van der Waals surface area contributed by atoms with Gasteiger partial charge in [-0.15, -0.1) is 11.3 Å². The van der Waals surface area contributed by atoms with Gasteiger partial charge in [0.1, 0.15) is 0 Å². The van der Waals surface area contributed by atoms with Crippen LogP contribution in [0.5, 0.6) is 0 Å². The second-order valence-corrected chi connectivity index (χ2v) is 9.84. The molecule has 3 N–H and O–H groups in total. The molecule has 2 heterocycles.